The third-order valence-corrected chi connectivity index (χ3v) is 3.32. The molecule has 0 spiro atoms. The van der Waals surface area contributed by atoms with Crippen LogP contribution in [0.3, 0.4) is 0 Å². The van der Waals surface area contributed by atoms with E-state index in [-0.39, 0.29) is 24.4 Å². The molecule has 0 unspecified atom stereocenters. The molecule has 0 radical (unpaired) electrons. The van der Waals surface area contributed by atoms with E-state index in [1.54, 1.807) is 19.3 Å². The Morgan fingerprint density at radius 1 is 1.53 bits per heavy atom. The number of carbonyl (C=O) groups excluding carboxylic acids is 1. The van der Waals surface area contributed by atoms with Crippen molar-refractivity contribution < 1.29 is 9.21 Å². The normalized spacial score (nSPS) is 15.6. The summed E-state index contributed by atoms with van der Waals surface area (Å²) >= 11 is 0. The lowest BCUT2D eigenvalue weighted by molar-refractivity contribution is -0.122. The highest BCUT2D eigenvalue weighted by molar-refractivity contribution is 5.79. The third-order valence-electron chi connectivity index (χ3n) is 3.32. The summed E-state index contributed by atoms with van der Waals surface area (Å²) in [5, 5.41) is 14.9. The van der Waals surface area contributed by atoms with Gasteiger partial charge < -0.3 is 9.73 Å². The quantitative estimate of drug-likeness (QED) is 0.822. The topological polar surface area (TPSA) is 78.1 Å². The van der Waals surface area contributed by atoms with Crippen LogP contribution in [0.15, 0.2) is 22.8 Å². The van der Waals surface area contributed by atoms with E-state index in [4.69, 9.17) is 9.68 Å². The van der Waals surface area contributed by atoms with Crippen LogP contribution in [0, 0.1) is 17.2 Å². The standard InChI is InChI=1S/C14H21N3O2/c1-10(2)14(4,9-15)17-13(18)8-16-11(3)12-6-5-7-19-12/h5-7,10-11,16H,8H2,1-4H3,(H,17,18)/t11-,14+/m1/s1. The van der Waals surface area contributed by atoms with E-state index in [0.29, 0.717) is 0 Å². The zero-order valence-electron chi connectivity index (χ0n) is 11.9. The summed E-state index contributed by atoms with van der Waals surface area (Å²) < 4.78 is 5.24. The monoisotopic (exact) mass is 263 g/mol. The van der Waals surface area contributed by atoms with Crippen LogP contribution in [0.25, 0.3) is 0 Å². The van der Waals surface area contributed by atoms with E-state index in [1.807, 2.05) is 26.8 Å². The number of nitriles is 1. The Kier molecular flexibility index (Phi) is 5.13. The van der Waals surface area contributed by atoms with Gasteiger partial charge >= 0.3 is 0 Å². The van der Waals surface area contributed by atoms with E-state index in [9.17, 15) is 4.79 Å². The molecule has 1 rings (SSSR count). The summed E-state index contributed by atoms with van der Waals surface area (Å²) in [7, 11) is 0. The summed E-state index contributed by atoms with van der Waals surface area (Å²) in [5.41, 5.74) is -0.841. The van der Waals surface area contributed by atoms with E-state index < -0.39 is 5.54 Å². The molecule has 19 heavy (non-hydrogen) atoms. The molecule has 0 saturated heterocycles. The Balaban J connectivity index is 2.46. The molecule has 1 amide bonds. The largest absolute Gasteiger partial charge is 0.468 e. The molecule has 1 aromatic rings. The number of amides is 1. The fourth-order valence-electron chi connectivity index (χ4n) is 1.52. The minimum Gasteiger partial charge on any atom is -0.468 e. The second-order valence-corrected chi connectivity index (χ2v) is 5.14. The number of hydrogen-bond acceptors (Lipinski definition) is 4. The number of nitrogens with zero attached hydrogens (tertiary/aromatic N) is 1. The first-order valence-electron chi connectivity index (χ1n) is 6.38. The molecule has 104 valence electrons. The van der Waals surface area contributed by atoms with Crippen molar-refractivity contribution in [3.8, 4) is 6.07 Å². The van der Waals surface area contributed by atoms with Gasteiger partial charge in [-0.15, -0.1) is 0 Å². The summed E-state index contributed by atoms with van der Waals surface area (Å²) in [6.07, 6.45) is 1.60. The van der Waals surface area contributed by atoms with Gasteiger partial charge in [0, 0.05) is 0 Å². The smallest absolute Gasteiger partial charge is 0.235 e. The third kappa shape index (κ3) is 4.11. The molecule has 1 aromatic heterocycles. The molecule has 5 heteroatoms. The van der Waals surface area contributed by atoms with Crippen molar-refractivity contribution >= 4 is 5.91 Å². The Morgan fingerprint density at radius 2 is 2.21 bits per heavy atom. The highest BCUT2D eigenvalue weighted by Crippen LogP contribution is 2.15. The number of furan rings is 1. The second kappa shape index (κ2) is 6.39. The summed E-state index contributed by atoms with van der Waals surface area (Å²) in [4.78, 5) is 11.8. The van der Waals surface area contributed by atoms with Crippen LogP contribution in [0.1, 0.15) is 39.5 Å². The van der Waals surface area contributed by atoms with E-state index in [0.717, 1.165) is 5.76 Å². The molecule has 0 aliphatic rings. The van der Waals surface area contributed by atoms with Gasteiger partial charge in [-0.2, -0.15) is 5.26 Å². The van der Waals surface area contributed by atoms with Crippen LogP contribution < -0.4 is 10.6 Å². The Hall–Kier alpha value is -1.80. The maximum absolute atomic E-state index is 11.8. The Bertz CT molecular complexity index is 448. The van der Waals surface area contributed by atoms with Crippen LogP contribution in [0.4, 0.5) is 0 Å². The van der Waals surface area contributed by atoms with Crippen LogP contribution in [-0.2, 0) is 4.79 Å². The summed E-state index contributed by atoms with van der Waals surface area (Å²) in [6, 6.07) is 5.75. The molecule has 0 bridgehead atoms. The Morgan fingerprint density at radius 3 is 2.68 bits per heavy atom. The SMILES string of the molecule is CC(C)[C@](C)(C#N)NC(=O)CN[C@H](C)c1ccco1. The molecule has 0 aliphatic carbocycles. The van der Waals surface area contributed by atoms with Gasteiger partial charge in [0.2, 0.25) is 5.91 Å². The van der Waals surface area contributed by atoms with Gasteiger partial charge in [0.15, 0.2) is 0 Å². The van der Waals surface area contributed by atoms with Crippen LogP contribution in [0.5, 0.6) is 0 Å². The van der Waals surface area contributed by atoms with Crippen LogP contribution in [0.2, 0.25) is 0 Å². The van der Waals surface area contributed by atoms with E-state index in [1.165, 1.54) is 0 Å². The van der Waals surface area contributed by atoms with Gasteiger partial charge in [0.25, 0.3) is 0 Å². The maximum Gasteiger partial charge on any atom is 0.235 e. The first kappa shape index (κ1) is 15.3. The van der Waals surface area contributed by atoms with Crippen molar-refractivity contribution in [3.05, 3.63) is 24.2 Å². The van der Waals surface area contributed by atoms with Crippen molar-refractivity contribution in [2.75, 3.05) is 6.54 Å². The fourth-order valence-corrected chi connectivity index (χ4v) is 1.52. The minimum atomic E-state index is -0.841. The van der Waals surface area contributed by atoms with Crippen molar-refractivity contribution in [2.45, 2.75) is 39.3 Å². The molecule has 2 atom stereocenters. The molecule has 0 fully saturated rings. The highest BCUT2D eigenvalue weighted by Gasteiger charge is 2.29. The molecule has 1 heterocycles. The van der Waals surface area contributed by atoms with Gasteiger partial charge in [-0.25, -0.2) is 0 Å². The summed E-state index contributed by atoms with van der Waals surface area (Å²) in [5.74, 6) is 0.625. The molecule has 2 N–H and O–H groups in total. The average molecular weight is 263 g/mol. The first-order chi connectivity index (χ1) is 8.89. The first-order valence-corrected chi connectivity index (χ1v) is 6.38. The molecule has 0 aromatic carbocycles. The highest BCUT2D eigenvalue weighted by atomic mass is 16.3. The predicted molar refractivity (Wildman–Crippen MR) is 72.1 cm³/mol. The molecule has 0 saturated carbocycles. The second-order valence-electron chi connectivity index (χ2n) is 5.14. The lowest BCUT2D eigenvalue weighted by Gasteiger charge is -2.27. The fraction of sp³-hybridized carbons (Fsp3) is 0.571. The van der Waals surface area contributed by atoms with Gasteiger partial charge in [-0.1, -0.05) is 13.8 Å². The van der Waals surface area contributed by atoms with Crippen LogP contribution >= 0.6 is 0 Å². The van der Waals surface area contributed by atoms with E-state index >= 15 is 0 Å². The number of rotatable bonds is 6. The lowest BCUT2D eigenvalue weighted by Crippen LogP contribution is -2.51. The number of hydrogen-bond donors (Lipinski definition) is 2. The van der Waals surface area contributed by atoms with Gasteiger partial charge in [0.05, 0.1) is 24.9 Å². The zero-order chi connectivity index (χ0) is 14.5. The van der Waals surface area contributed by atoms with Gasteiger partial charge in [-0.3, -0.25) is 10.1 Å². The predicted octanol–water partition coefficient (Wildman–Crippen LogP) is 1.98. The Labute approximate surface area is 114 Å². The molecule has 0 aliphatic heterocycles. The van der Waals surface area contributed by atoms with Gasteiger partial charge in [-0.05, 0) is 31.9 Å². The van der Waals surface area contributed by atoms with Crippen molar-refractivity contribution in [3.63, 3.8) is 0 Å². The van der Waals surface area contributed by atoms with Gasteiger partial charge in [0.1, 0.15) is 11.3 Å². The maximum atomic E-state index is 11.8. The van der Waals surface area contributed by atoms with E-state index in [2.05, 4.69) is 16.7 Å². The zero-order valence-corrected chi connectivity index (χ0v) is 11.9. The van der Waals surface area contributed by atoms with Crippen molar-refractivity contribution in [1.29, 1.82) is 5.26 Å². The van der Waals surface area contributed by atoms with Crippen molar-refractivity contribution in [2.24, 2.45) is 5.92 Å². The summed E-state index contributed by atoms with van der Waals surface area (Å²) in [6.45, 7) is 7.60. The minimum absolute atomic E-state index is 0.0453. The molecule has 5 nitrogen and oxygen atoms in total. The average Bonchev–Trinajstić information content (AvgIpc) is 2.89. The molecular formula is C14H21N3O2. The number of nitrogens with one attached hydrogen (secondary N) is 2. The lowest BCUT2D eigenvalue weighted by atomic mass is 9.90. The van der Waals surface area contributed by atoms with Crippen molar-refractivity contribution in [1.82, 2.24) is 10.6 Å². The molecular weight excluding hydrogens is 242 g/mol. The van der Waals surface area contributed by atoms with Crippen LogP contribution in [-0.4, -0.2) is 18.0 Å². The number of carbonyl (C=O) groups is 1.